The second-order valence-electron chi connectivity index (χ2n) is 1.76. The highest BCUT2D eigenvalue weighted by Crippen LogP contribution is 1.83. The van der Waals surface area contributed by atoms with Crippen LogP contribution >= 0.6 is 22.6 Å². The molecule has 0 rings (SSSR count). The Balaban J connectivity index is 3.64. The van der Waals surface area contributed by atoms with Crippen molar-refractivity contribution in [1.29, 1.82) is 0 Å². The van der Waals surface area contributed by atoms with E-state index in [2.05, 4.69) is 9.85 Å². The predicted octanol–water partition coefficient (Wildman–Crippen LogP) is 2.06. The van der Waals surface area contributed by atoms with Crippen LogP contribution in [0, 0.1) is 9.85 Å². The molecule has 0 unspecified atom stereocenters. The molecule has 0 aliphatic carbocycles. The van der Waals surface area contributed by atoms with Crippen LogP contribution in [-0.2, 0) is 9.53 Å². The van der Waals surface area contributed by atoms with Crippen molar-refractivity contribution in [3.05, 3.63) is 24.3 Å². The molecule has 2 nitrogen and oxygen atoms in total. The Labute approximate surface area is 85.8 Å². The van der Waals surface area contributed by atoms with Gasteiger partial charge in [-0.2, -0.15) is 0 Å². The average Bonchev–Trinajstić information content (AvgIpc) is 2.06. The van der Waals surface area contributed by atoms with Crippen LogP contribution in [0.15, 0.2) is 24.3 Å². The first kappa shape index (κ1) is 11.2. The quantitative estimate of drug-likeness (QED) is 0.259. The third kappa shape index (κ3) is 7.35. The number of rotatable bonds is 3. The van der Waals surface area contributed by atoms with E-state index in [4.69, 9.17) is 4.74 Å². The van der Waals surface area contributed by atoms with E-state index in [1.165, 1.54) is 6.08 Å². The van der Waals surface area contributed by atoms with Crippen molar-refractivity contribution in [1.82, 2.24) is 0 Å². The first-order chi connectivity index (χ1) is 5.81. The topological polar surface area (TPSA) is 26.3 Å². The summed E-state index contributed by atoms with van der Waals surface area (Å²) >= 11 is 1.89. The normalized spacial score (nSPS) is 9.83. The molecule has 0 atom stereocenters. The lowest BCUT2D eigenvalue weighted by atomic mass is 10.4. The van der Waals surface area contributed by atoms with Gasteiger partial charge >= 0.3 is 5.97 Å². The van der Waals surface area contributed by atoms with E-state index in [1.54, 1.807) is 12.2 Å². The Hall–Kier alpha value is -0.760. The van der Waals surface area contributed by atoms with Crippen LogP contribution in [0.1, 0.15) is 6.92 Å². The Kier molecular flexibility index (Phi) is 7.81. The van der Waals surface area contributed by atoms with Gasteiger partial charge < -0.3 is 4.74 Å². The Morgan fingerprint density at radius 3 is 2.92 bits per heavy atom. The summed E-state index contributed by atoms with van der Waals surface area (Å²) in [7, 11) is 0. The third-order valence-electron chi connectivity index (χ3n) is 0.889. The lowest BCUT2D eigenvalue weighted by molar-refractivity contribution is -0.136. The smallest absolute Gasteiger partial charge is 0.331 e. The molecule has 3 heteroatoms. The summed E-state index contributed by atoms with van der Waals surface area (Å²) in [6.45, 7) is 2.03. The van der Waals surface area contributed by atoms with Crippen molar-refractivity contribution in [2.45, 2.75) is 6.92 Å². The third-order valence-corrected chi connectivity index (χ3v) is 1.27. The molecule has 0 aromatic carbocycles. The minimum absolute atomic E-state index is 0.155. The molecule has 0 aromatic rings. The van der Waals surface area contributed by atoms with Gasteiger partial charge in [-0.05, 0) is 10.9 Å². The van der Waals surface area contributed by atoms with Crippen molar-refractivity contribution in [2.24, 2.45) is 0 Å². The van der Waals surface area contributed by atoms with Crippen molar-refractivity contribution in [3.8, 4) is 9.85 Å². The Bertz CT molecular complexity index is 243. The largest absolute Gasteiger partial charge is 0.449 e. The molecule has 12 heavy (non-hydrogen) atoms. The molecule has 0 amide bonds. The van der Waals surface area contributed by atoms with E-state index >= 15 is 0 Å². The van der Waals surface area contributed by atoms with Gasteiger partial charge in [0.25, 0.3) is 0 Å². The molecule has 0 N–H and O–H groups in total. The number of allylic oxidation sites excluding steroid dienone is 3. The fraction of sp³-hybridized carbons (Fsp3) is 0.222. The zero-order valence-electron chi connectivity index (χ0n) is 6.71. The number of halogens is 1. The van der Waals surface area contributed by atoms with Gasteiger partial charge in [0.2, 0.25) is 0 Å². The van der Waals surface area contributed by atoms with Crippen LogP contribution in [0.25, 0.3) is 0 Å². The standard InChI is InChI=1S/C9H9IO2/c1-2-3-4-6-9(11)12-8-5-7-10/h2-4,6H,8H2,1H3/b3-2+,6-4+. The first-order valence-electron chi connectivity index (χ1n) is 3.36. The van der Waals surface area contributed by atoms with E-state index < -0.39 is 0 Å². The van der Waals surface area contributed by atoms with Crippen LogP contribution in [0.5, 0.6) is 0 Å². The number of hydrogen-bond acceptors (Lipinski definition) is 2. The number of carbonyl (C=O) groups excluding carboxylic acids is 1. The van der Waals surface area contributed by atoms with Gasteiger partial charge in [-0.25, -0.2) is 4.79 Å². The minimum atomic E-state index is -0.368. The molecular weight excluding hydrogens is 267 g/mol. The molecule has 0 radical (unpaired) electrons. The number of esters is 1. The molecule has 0 bridgehead atoms. The fourth-order valence-electron chi connectivity index (χ4n) is 0.428. The van der Waals surface area contributed by atoms with Crippen LogP contribution in [0.4, 0.5) is 0 Å². The summed E-state index contributed by atoms with van der Waals surface area (Å²) in [6, 6.07) is 0. The fourth-order valence-corrected chi connectivity index (χ4v) is 0.584. The lowest BCUT2D eigenvalue weighted by Gasteiger charge is -1.91. The summed E-state index contributed by atoms with van der Waals surface area (Å²) in [4.78, 5) is 10.8. The van der Waals surface area contributed by atoms with E-state index in [9.17, 15) is 4.79 Å². The molecule has 0 aliphatic rings. The van der Waals surface area contributed by atoms with Crippen molar-refractivity contribution in [3.63, 3.8) is 0 Å². The van der Waals surface area contributed by atoms with Crippen LogP contribution in [-0.4, -0.2) is 12.6 Å². The van der Waals surface area contributed by atoms with Crippen LogP contribution in [0.3, 0.4) is 0 Å². The van der Waals surface area contributed by atoms with Gasteiger partial charge in [0.1, 0.15) is 0 Å². The lowest BCUT2D eigenvalue weighted by Crippen LogP contribution is -1.99. The van der Waals surface area contributed by atoms with E-state index in [-0.39, 0.29) is 12.6 Å². The predicted molar refractivity (Wildman–Crippen MR) is 56.7 cm³/mol. The summed E-state index contributed by atoms with van der Waals surface area (Å²) in [5.41, 5.74) is 0. The highest BCUT2D eigenvalue weighted by Gasteiger charge is 1.90. The average molecular weight is 276 g/mol. The second-order valence-corrected chi connectivity index (χ2v) is 2.30. The highest BCUT2D eigenvalue weighted by molar-refractivity contribution is 14.1. The monoisotopic (exact) mass is 276 g/mol. The summed E-state index contributed by atoms with van der Waals surface area (Å²) in [6.07, 6.45) is 6.56. The van der Waals surface area contributed by atoms with Crippen molar-refractivity contribution in [2.75, 3.05) is 6.61 Å². The SMILES string of the molecule is C/C=C/C=C/C(=O)OCC#CI. The van der Waals surface area contributed by atoms with Gasteiger partial charge in [0.15, 0.2) is 6.61 Å². The maximum absolute atomic E-state index is 10.8. The van der Waals surface area contributed by atoms with E-state index in [0.29, 0.717) is 0 Å². The molecule has 0 saturated carbocycles. The van der Waals surface area contributed by atoms with Gasteiger partial charge in [0, 0.05) is 28.7 Å². The Morgan fingerprint density at radius 2 is 2.33 bits per heavy atom. The number of hydrogen-bond donors (Lipinski definition) is 0. The van der Waals surface area contributed by atoms with Crippen molar-refractivity contribution < 1.29 is 9.53 Å². The van der Waals surface area contributed by atoms with Crippen LogP contribution in [0.2, 0.25) is 0 Å². The molecule has 0 spiro atoms. The summed E-state index contributed by atoms with van der Waals surface area (Å²) < 4.78 is 7.29. The first-order valence-corrected chi connectivity index (χ1v) is 4.43. The maximum atomic E-state index is 10.8. The molecule has 0 aliphatic heterocycles. The number of ether oxygens (including phenoxy) is 1. The highest BCUT2D eigenvalue weighted by atomic mass is 127. The maximum Gasteiger partial charge on any atom is 0.331 e. The summed E-state index contributed by atoms with van der Waals surface area (Å²) in [5, 5.41) is 0. The zero-order chi connectivity index (χ0) is 9.23. The molecule has 0 saturated heterocycles. The zero-order valence-corrected chi connectivity index (χ0v) is 8.87. The number of carbonyl (C=O) groups is 1. The molecule has 0 fully saturated rings. The molecular formula is C9H9IO2. The van der Waals surface area contributed by atoms with Crippen molar-refractivity contribution >= 4 is 28.6 Å². The molecule has 64 valence electrons. The molecule has 0 heterocycles. The molecule has 0 aromatic heterocycles. The van der Waals surface area contributed by atoms with Gasteiger partial charge in [-0.3, -0.25) is 0 Å². The van der Waals surface area contributed by atoms with E-state index in [1.807, 2.05) is 35.6 Å². The Morgan fingerprint density at radius 1 is 1.58 bits per heavy atom. The minimum Gasteiger partial charge on any atom is -0.449 e. The summed E-state index contributed by atoms with van der Waals surface area (Å²) in [5.74, 6) is 2.24. The second kappa shape index (κ2) is 8.34. The van der Waals surface area contributed by atoms with Gasteiger partial charge in [-0.1, -0.05) is 24.1 Å². The van der Waals surface area contributed by atoms with Gasteiger partial charge in [-0.15, -0.1) is 0 Å². The van der Waals surface area contributed by atoms with E-state index in [0.717, 1.165) is 0 Å². The van der Waals surface area contributed by atoms with Gasteiger partial charge in [0.05, 0.1) is 0 Å². The van der Waals surface area contributed by atoms with Crippen LogP contribution < -0.4 is 0 Å².